The predicted octanol–water partition coefficient (Wildman–Crippen LogP) is 2.55. The summed E-state index contributed by atoms with van der Waals surface area (Å²) in [5.74, 6) is 0. The van der Waals surface area contributed by atoms with E-state index in [1.165, 1.54) is 0 Å². The largest absolute Gasteiger partial charge is 0.368 e. The maximum atomic E-state index is 9.20. The average Bonchev–Trinajstić information content (AvgIpc) is 2.46. The van der Waals surface area contributed by atoms with Crippen molar-refractivity contribution in [3.8, 4) is 6.07 Å². The molecule has 0 N–H and O–H groups in total. The van der Waals surface area contributed by atoms with Gasteiger partial charge < -0.3 is 4.90 Å². The molecule has 5 heteroatoms. The van der Waals surface area contributed by atoms with Crippen LogP contribution in [0.15, 0.2) is 18.5 Å². The van der Waals surface area contributed by atoms with Crippen LogP contribution in [0.3, 0.4) is 0 Å². The number of rotatable bonds is 4. The van der Waals surface area contributed by atoms with E-state index >= 15 is 0 Å². The van der Waals surface area contributed by atoms with Gasteiger partial charge in [-0.25, -0.2) is 0 Å². The maximum Gasteiger partial charge on any atom is 0.0979 e. The summed E-state index contributed by atoms with van der Waals surface area (Å²) in [6.07, 6.45) is 5.45. The van der Waals surface area contributed by atoms with E-state index < -0.39 is 0 Å². The van der Waals surface area contributed by atoms with Gasteiger partial charge in [0.1, 0.15) is 0 Å². The number of anilines is 1. The minimum absolute atomic E-state index is 0.0556. The number of hydrogen-bond donors (Lipinski definition) is 0. The van der Waals surface area contributed by atoms with Gasteiger partial charge in [0.05, 0.1) is 22.8 Å². The summed E-state index contributed by atoms with van der Waals surface area (Å²) >= 11 is 6.16. The van der Waals surface area contributed by atoms with E-state index in [2.05, 4.69) is 27.8 Å². The lowest BCUT2D eigenvalue weighted by molar-refractivity contribution is 0.211. The predicted molar refractivity (Wildman–Crippen MR) is 77.3 cm³/mol. The first-order valence-electron chi connectivity index (χ1n) is 6.74. The number of aromatic nitrogens is 1. The van der Waals surface area contributed by atoms with Crippen LogP contribution in [0.25, 0.3) is 0 Å². The van der Waals surface area contributed by atoms with Crippen LogP contribution >= 0.6 is 11.6 Å². The van der Waals surface area contributed by atoms with Crippen molar-refractivity contribution in [3.63, 3.8) is 0 Å². The molecule has 1 aromatic rings. The van der Waals surface area contributed by atoms with E-state index in [9.17, 15) is 5.26 Å². The Kier molecular flexibility index (Phi) is 5.00. The lowest BCUT2D eigenvalue weighted by atomic mass is 10.1. The smallest absolute Gasteiger partial charge is 0.0979 e. The van der Waals surface area contributed by atoms with Gasteiger partial charge >= 0.3 is 0 Å². The Morgan fingerprint density at radius 3 is 2.74 bits per heavy atom. The van der Waals surface area contributed by atoms with Gasteiger partial charge in [-0.15, -0.1) is 0 Å². The van der Waals surface area contributed by atoms with Crippen molar-refractivity contribution in [2.45, 2.75) is 25.8 Å². The molecule has 0 bridgehead atoms. The van der Waals surface area contributed by atoms with Crippen molar-refractivity contribution < 1.29 is 0 Å². The molecule has 1 unspecified atom stereocenters. The van der Waals surface area contributed by atoms with Crippen molar-refractivity contribution in [3.05, 3.63) is 23.5 Å². The third-order valence-electron chi connectivity index (χ3n) is 3.56. The number of nitrogens with zero attached hydrogens (tertiary/aromatic N) is 4. The highest BCUT2D eigenvalue weighted by Crippen LogP contribution is 2.25. The molecule has 2 rings (SSSR count). The molecule has 0 aromatic carbocycles. The van der Waals surface area contributed by atoms with Crippen molar-refractivity contribution in [1.82, 2.24) is 9.88 Å². The number of halogens is 1. The monoisotopic (exact) mass is 278 g/mol. The molecule has 0 radical (unpaired) electrons. The molecule has 1 atom stereocenters. The summed E-state index contributed by atoms with van der Waals surface area (Å²) in [4.78, 5) is 8.55. The Morgan fingerprint density at radius 1 is 1.42 bits per heavy atom. The van der Waals surface area contributed by atoms with Gasteiger partial charge in [0.2, 0.25) is 0 Å². The molecule has 0 amide bonds. The second-order valence-corrected chi connectivity index (χ2v) is 5.19. The van der Waals surface area contributed by atoms with Crippen LogP contribution in [0.4, 0.5) is 5.69 Å². The molecular weight excluding hydrogens is 260 g/mol. The first-order chi connectivity index (χ1) is 9.26. The molecule has 0 saturated carbocycles. The maximum absolute atomic E-state index is 9.20. The van der Waals surface area contributed by atoms with E-state index in [1.807, 2.05) is 6.07 Å². The molecular formula is C14H19ClN4. The molecule has 102 valence electrons. The zero-order chi connectivity index (χ0) is 13.7. The van der Waals surface area contributed by atoms with Crippen LogP contribution in [0.2, 0.25) is 5.02 Å². The highest BCUT2D eigenvalue weighted by atomic mass is 35.5. The minimum atomic E-state index is 0.0556. The van der Waals surface area contributed by atoms with Crippen molar-refractivity contribution >= 4 is 17.3 Å². The van der Waals surface area contributed by atoms with Gasteiger partial charge in [-0.1, -0.05) is 24.9 Å². The number of piperazine rings is 1. The third kappa shape index (κ3) is 3.37. The quantitative estimate of drug-likeness (QED) is 0.849. The van der Waals surface area contributed by atoms with Crippen LogP contribution < -0.4 is 4.90 Å². The molecule has 1 aromatic heterocycles. The molecule has 1 aliphatic heterocycles. The molecule has 1 fully saturated rings. The first-order valence-corrected chi connectivity index (χ1v) is 7.12. The summed E-state index contributed by atoms with van der Waals surface area (Å²) in [6.45, 7) is 5.77. The van der Waals surface area contributed by atoms with Crippen LogP contribution in [0.1, 0.15) is 19.8 Å². The lowest BCUT2D eigenvalue weighted by Crippen LogP contribution is -2.50. The molecule has 19 heavy (non-hydrogen) atoms. The highest BCUT2D eigenvalue weighted by molar-refractivity contribution is 6.33. The third-order valence-corrected chi connectivity index (χ3v) is 3.85. The number of hydrogen-bond acceptors (Lipinski definition) is 4. The van der Waals surface area contributed by atoms with E-state index in [0.717, 1.165) is 44.7 Å². The van der Waals surface area contributed by atoms with E-state index in [1.54, 1.807) is 12.4 Å². The van der Waals surface area contributed by atoms with Crippen LogP contribution in [-0.4, -0.2) is 42.1 Å². The van der Waals surface area contributed by atoms with Gasteiger partial charge in [-0.05, 0) is 12.5 Å². The summed E-state index contributed by atoms with van der Waals surface area (Å²) in [5, 5.41) is 9.90. The standard InChI is InChI=1S/C14H19ClN4/c1-2-3-12(10-16)18-6-8-19(9-7-18)14-4-5-17-11-13(14)15/h4-5,11-12H,2-3,6-9H2,1H3. The van der Waals surface area contributed by atoms with Crippen LogP contribution in [0.5, 0.6) is 0 Å². The van der Waals surface area contributed by atoms with Gasteiger partial charge in [0.25, 0.3) is 0 Å². The normalized spacial score (nSPS) is 18.1. The Morgan fingerprint density at radius 2 is 2.16 bits per heavy atom. The fourth-order valence-corrected chi connectivity index (χ4v) is 2.74. The number of nitriles is 1. The Hall–Kier alpha value is -1.31. The van der Waals surface area contributed by atoms with Gasteiger partial charge in [0.15, 0.2) is 0 Å². The minimum Gasteiger partial charge on any atom is -0.368 e. The summed E-state index contributed by atoms with van der Waals surface area (Å²) in [5.41, 5.74) is 1.04. The zero-order valence-electron chi connectivity index (χ0n) is 11.2. The molecule has 4 nitrogen and oxygen atoms in total. The fraction of sp³-hybridized carbons (Fsp3) is 0.571. The Balaban J connectivity index is 1.96. The van der Waals surface area contributed by atoms with Gasteiger partial charge in [0, 0.05) is 38.6 Å². The van der Waals surface area contributed by atoms with E-state index in [4.69, 9.17) is 11.6 Å². The number of pyridine rings is 1. The zero-order valence-corrected chi connectivity index (χ0v) is 12.0. The summed E-state index contributed by atoms with van der Waals surface area (Å²) < 4.78 is 0. The Bertz CT molecular complexity index is 449. The van der Waals surface area contributed by atoms with Crippen molar-refractivity contribution in [2.75, 3.05) is 31.1 Å². The van der Waals surface area contributed by atoms with Crippen LogP contribution in [0, 0.1) is 11.3 Å². The first kappa shape index (κ1) is 14.1. The molecule has 2 heterocycles. The van der Waals surface area contributed by atoms with Crippen LogP contribution in [-0.2, 0) is 0 Å². The van der Waals surface area contributed by atoms with Gasteiger partial charge in [-0.3, -0.25) is 9.88 Å². The van der Waals surface area contributed by atoms with Crippen molar-refractivity contribution in [2.24, 2.45) is 0 Å². The molecule has 0 spiro atoms. The van der Waals surface area contributed by atoms with Crippen molar-refractivity contribution in [1.29, 1.82) is 5.26 Å². The second-order valence-electron chi connectivity index (χ2n) is 4.78. The fourth-order valence-electron chi connectivity index (χ4n) is 2.50. The van der Waals surface area contributed by atoms with E-state index in [-0.39, 0.29) is 6.04 Å². The molecule has 1 aliphatic rings. The highest BCUT2D eigenvalue weighted by Gasteiger charge is 2.23. The molecule has 0 aliphatic carbocycles. The van der Waals surface area contributed by atoms with E-state index in [0.29, 0.717) is 5.02 Å². The average molecular weight is 279 g/mol. The topological polar surface area (TPSA) is 43.2 Å². The SMILES string of the molecule is CCCC(C#N)N1CCN(c2ccncc2Cl)CC1. The second kappa shape index (κ2) is 6.74. The summed E-state index contributed by atoms with van der Waals surface area (Å²) in [7, 11) is 0. The van der Waals surface area contributed by atoms with Gasteiger partial charge in [-0.2, -0.15) is 5.26 Å². The lowest BCUT2D eigenvalue weighted by Gasteiger charge is -2.38. The molecule has 1 saturated heterocycles. The Labute approximate surface area is 119 Å². The summed E-state index contributed by atoms with van der Waals surface area (Å²) in [6, 6.07) is 4.42.